The summed E-state index contributed by atoms with van der Waals surface area (Å²) in [6.45, 7) is 3.15. The Morgan fingerprint density at radius 2 is 1.71 bits per heavy atom. The average Bonchev–Trinajstić information content (AvgIpc) is 2.77. The normalized spacial score (nSPS) is 22.9. The fraction of sp³-hybridized carbons (Fsp3) is 0.636. The van der Waals surface area contributed by atoms with Crippen molar-refractivity contribution in [1.29, 1.82) is 0 Å². The fourth-order valence-corrected chi connectivity index (χ4v) is 5.83. The molecular formula is C22H30F3N3O5S. The molecule has 12 heteroatoms. The quantitative estimate of drug-likeness (QED) is 0.662. The molecule has 1 N–H and O–H groups in total. The van der Waals surface area contributed by atoms with E-state index in [0.717, 1.165) is 12.1 Å². The van der Waals surface area contributed by atoms with E-state index in [9.17, 15) is 36.3 Å². The lowest BCUT2D eigenvalue weighted by molar-refractivity contribution is -0.137. The second-order valence-electron chi connectivity index (χ2n) is 8.97. The Kier molecular flexibility index (Phi) is 7.99. The maximum absolute atomic E-state index is 13.2. The molecule has 2 aliphatic rings. The second-order valence-corrected chi connectivity index (χ2v) is 11.3. The molecule has 0 aliphatic carbocycles. The summed E-state index contributed by atoms with van der Waals surface area (Å²) in [5, 5.41) is 9.53. The summed E-state index contributed by atoms with van der Waals surface area (Å²) in [5.74, 6) is -0.694. The molecule has 190 valence electrons. The van der Waals surface area contributed by atoms with Gasteiger partial charge in [-0.15, -0.1) is 0 Å². The van der Waals surface area contributed by atoms with Crippen molar-refractivity contribution in [3.63, 3.8) is 0 Å². The zero-order chi connectivity index (χ0) is 25.1. The molecule has 1 aromatic carbocycles. The minimum absolute atomic E-state index is 0.0877. The number of hydrogen-bond acceptors (Lipinski definition) is 4. The van der Waals surface area contributed by atoms with Crippen molar-refractivity contribution in [3.8, 4) is 0 Å². The van der Waals surface area contributed by atoms with Crippen LogP contribution in [-0.2, 0) is 16.0 Å². The van der Waals surface area contributed by atoms with Gasteiger partial charge in [-0.05, 0) is 36.5 Å². The van der Waals surface area contributed by atoms with Crippen LogP contribution in [0.15, 0.2) is 24.3 Å². The molecule has 3 amide bonds. The zero-order valence-electron chi connectivity index (χ0n) is 19.0. The number of hydrogen-bond donors (Lipinski definition) is 1. The lowest BCUT2D eigenvalue weighted by Crippen LogP contribution is -2.54. The lowest BCUT2D eigenvalue weighted by atomic mass is 9.84. The first kappa shape index (κ1) is 26.1. The van der Waals surface area contributed by atoms with E-state index in [0.29, 0.717) is 31.5 Å². The first-order valence-corrected chi connectivity index (χ1v) is 13.1. The van der Waals surface area contributed by atoms with Gasteiger partial charge in [0.05, 0.1) is 17.1 Å². The van der Waals surface area contributed by atoms with Crippen LogP contribution in [0.1, 0.15) is 36.8 Å². The fourth-order valence-electron chi connectivity index (χ4n) is 4.63. The summed E-state index contributed by atoms with van der Waals surface area (Å²) in [5.41, 5.74) is -0.111. The Labute approximate surface area is 197 Å². The van der Waals surface area contributed by atoms with Gasteiger partial charge in [-0.1, -0.05) is 19.1 Å². The predicted molar refractivity (Wildman–Crippen MR) is 119 cm³/mol. The predicted octanol–water partition coefficient (Wildman–Crippen LogP) is 3.35. The Hall–Kier alpha value is -2.50. The highest BCUT2D eigenvalue weighted by Gasteiger charge is 2.36. The van der Waals surface area contributed by atoms with Gasteiger partial charge in [0, 0.05) is 45.2 Å². The molecule has 0 spiro atoms. The number of alkyl halides is 3. The Morgan fingerprint density at radius 3 is 2.24 bits per heavy atom. The van der Waals surface area contributed by atoms with Gasteiger partial charge in [-0.25, -0.2) is 18.0 Å². The number of benzene rings is 1. The van der Waals surface area contributed by atoms with Crippen LogP contribution in [0, 0.1) is 5.92 Å². The third-order valence-electron chi connectivity index (χ3n) is 6.37. The summed E-state index contributed by atoms with van der Waals surface area (Å²) in [6, 6.07) is 4.52. The standard InChI is InChI=1S/C22H30F3N3O5S/c1-2-7-27(21(30)31)13-16-12-18(17-3-5-19(6-4-17)22(23,24)25)15-28(14-16)20(29)26-8-10-34(32,33)11-9-26/h3-6,16,18H,2,7-15H2,1H3,(H,30,31). The summed E-state index contributed by atoms with van der Waals surface area (Å²) < 4.78 is 62.4. The number of nitrogens with zero attached hydrogens (tertiary/aromatic N) is 3. The Balaban J connectivity index is 1.81. The lowest BCUT2D eigenvalue weighted by Gasteiger charge is -2.42. The Bertz CT molecular complexity index is 970. The summed E-state index contributed by atoms with van der Waals surface area (Å²) in [4.78, 5) is 29.2. The molecule has 2 heterocycles. The van der Waals surface area contributed by atoms with Crippen molar-refractivity contribution >= 4 is 22.0 Å². The van der Waals surface area contributed by atoms with E-state index in [1.807, 2.05) is 6.92 Å². The highest BCUT2D eigenvalue weighted by Crippen LogP contribution is 2.34. The van der Waals surface area contributed by atoms with Crippen molar-refractivity contribution in [2.75, 3.05) is 50.8 Å². The van der Waals surface area contributed by atoms with Crippen molar-refractivity contribution in [2.24, 2.45) is 5.92 Å². The molecular weight excluding hydrogens is 475 g/mol. The van der Waals surface area contributed by atoms with Gasteiger partial charge in [-0.3, -0.25) is 0 Å². The number of carbonyl (C=O) groups is 2. The Morgan fingerprint density at radius 1 is 1.09 bits per heavy atom. The largest absolute Gasteiger partial charge is 0.465 e. The van der Waals surface area contributed by atoms with Crippen LogP contribution in [0.2, 0.25) is 0 Å². The number of likely N-dealkylation sites (tertiary alicyclic amines) is 1. The van der Waals surface area contributed by atoms with Crippen molar-refractivity contribution < 1.29 is 36.3 Å². The number of sulfone groups is 1. The monoisotopic (exact) mass is 505 g/mol. The number of carbonyl (C=O) groups excluding carboxylic acids is 1. The summed E-state index contributed by atoms with van der Waals surface area (Å²) >= 11 is 0. The van der Waals surface area contributed by atoms with Crippen LogP contribution in [0.4, 0.5) is 22.8 Å². The molecule has 2 aliphatic heterocycles. The van der Waals surface area contributed by atoms with Gasteiger partial charge in [-0.2, -0.15) is 13.2 Å². The van der Waals surface area contributed by atoms with Crippen LogP contribution < -0.4 is 0 Å². The molecule has 2 unspecified atom stereocenters. The van der Waals surface area contributed by atoms with E-state index in [2.05, 4.69) is 0 Å². The molecule has 3 rings (SSSR count). The third-order valence-corrected chi connectivity index (χ3v) is 7.98. The SMILES string of the molecule is CCCN(CC1CC(c2ccc(C(F)(F)F)cc2)CN(C(=O)N2CCS(=O)(=O)CC2)C1)C(=O)O. The van der Waals surface area contributed by atoms with Gasteiger partial charge in [0.25, 0.3) is 0 Å². The van der Waals surface area contributed by atoms with Crippen LogP contribution in [0.3, 0.4) is 0 Å². The number of piperidine rings is 1. The summed E-state index contributed by atoms with van der Waals surface area (Å²) in [7, 11) is -3.17. The smallest absolute Gasteiger partial charge is 0.416 e. The molecule has 0 bridgehead atoms. The highest BCUT2D eigenvalue weighted by molar-refractivity contribution is 7.91. The molecule has 8 nitrogen and oxygen atoms in total. The van der Waals surface area contributed by atoms with E-state index in [-0.39, 0.29) is 55.6 Å². The molecule has 2 fully saturated rings. The van der Waals surface area contributed by atoms with Crippen molar-refractivity contribution in [1.82, 2.24) is 14.7 Å². The third kappa shape index (κ3) is 6.55. The van der Waals surface area contributed by atoms with Crippen molar-refractivity contribution in [2.45, 2.75) is 31.9 Å². The topological polar surface area (TPSA) is 98.2 Å². The second kappa shape index (κ2) is 10.4. The van der Waals surface area contributed by atoms with E-state index in [1.54, 1.807) is 4.90 Å². The van der Waals surface area contributed by atoms with E-state index in [4.69, 9.17) is 0 Å². The van der Waals surface area contributed by atoms with Gasteiger partial charge < -0.3 is 19.8 Å². The molecule has 34 heavy (non-hydrogen) atoms. The summed E-state index contributed by atoms with van der Waals surface area (Å²) in [6.07, 6.45) is -4.35. The number of carboxylic acid groups (broad SMARTS) is 1. The molecule has 0 aromatic heterocycles. The van der Waals surface area contributed by atoms with Crippen LogP contribution in [0.25, 0.3) is 0 Å². The molecule has 1 aromatic rings. The minimum atomic E-state index is -4.45. The van der Waals surface area contributed by atoms with E-state index < -0.39 is 27.7 Å². The maximum atomic E-state index is 13.2. The minimum Gasteiger partial charge on any atom is -0.465 e. The molecule has 2 saturated heterocycles. The van der Waals surface area contributed by atoms with Crippen LogP contribution in [0.5, 0.6) is 0 Å². The van der Waals surface area contributed by atoms with Crippen molar-refractivity contribution in [3.05, 3.63) is 35.4 Å². The van der Waals surface area contributed by atoms with Crippen LogP contribution in [-0.4, -0.2) is 91.1 Å². The maximum Gasteiger partial charge on any atom is 0.416 e. The van der Waals surface area contributed by atoms with Gasteiger partial charge in [0.1, 0.15) is 0 Å². The highest BCUT2D eigenvalue weighted by atomic mass is 32.2. The molecule has 0 radical (unpaired) electrons. The van der Waals surface area contributed by atoms with E-state index >= 15 is 0 Å². The van der Waals surface area contributed by atoms with Gasteiger partial charge in [0.15, 0.2) is 9.84 Å². The first-order chi connectivity index (χ1) is 15.9. The first-order valence-electron chi connectivity index (χ1n) is 11.3. The number of urea groups is 1. The average molecular weight is 506 g/mol. The zero-order valence-corrected chi connectivity index (χ0v) is 19.8. The van der Waals surface area contributed by atoms with Gasteiger partial charge >= 0.3 is 18.3 Å². The number of amides is 3. The molecule has 0 saturated carbocycles. The number of halogens is 3. The van der Waals surface area contributed by atoms with Crippen LogP contribution >= 0.6 is 0 Å². The van der Waals surface area contributed by atoms with Gasteiger partial charge in [0.2, 0.25) is 0 Å². The molecule has 2 atom stereocenters. The van der Waals surface area contributed by atoms with E-state index in [1.165, 1.54) is 21.9 Å². The number of rotatable bonds is 5.